The van der Waals surface area contributed by atoms with Gasteiger partial charge in [0.05, 0.1) is 16.6 Å². The second kappa shape index (κ2) is 7.75. The fraction of sp³-hybridized carbons (Fsp3) is 0.263. The van der Waals surface area contributed by atoms with E-state index in [1.54, 1.807) is 29.2 Å². The van der Waals surface area contributed by atoms with Crippen LogP contribution >= 0.6 is 11.6 Å². The molecule has 1 N–H and O–H groups in total. The van der Waals surface area contributed by atoms with Crippen LogP contribution in [0.3, 0.4) is 0 Å². The molecule has 0 aliphatic carbocycles. The Labute approximate surface area is 162 Å². The van der Waals surface area contributed by atoms with Crippen LogP contribution in [0.25, 0.3) is 5.82 Å². The van der Waals surface area contributed by atoms with E-state index in [4.69, 9.17) is 11.6 Å². The molecular weight excluding hydrogens is 364 g/mol. The summed E-state index contributed by atoms with van der Waals surface area (Å²) >= 11 is 6.14. The quantitative estimate of drug-likeness (QED) is 0.750. The molecule has 1 amide bonds. The van der Waals surface area contributed by atoms with E-state index in [2.05, 4.69) is 25.4 Å². The van der Waals surface area contributed by atoms with Crippen LogP contribution in [0.15, 0.2) is 55.1 Å². The molecule has 1 saturated heterocycles. The summed E-state index contributed by atoms with van der Waals surface area (Å²) in [4.78, 5) is 18.8. The third-order valence-electron chi connectivity index (χ3n) is 4.65. The highest BCUT2D eigenvalue weighted by Crippen LogP contribution is 2.25. The topological polar surface area (TPSA) is 75.9 Å². The second-order valence-corrected chi connectivity index (χ2v) is 6.88. The van der Waals surface area contributed by atoms with Gasteiger partial charge in [0.25, 0.3) is 0 Å². The number of para-hydroxylation sites is 1. The monoisotopic (exact) mass is 382 g/mol. The highest BCUT2D eigenvalue weighted by Gasteiger charge is 2.27. The Hall–Kier alpha value is -2.93. The smallest absolute Gasteiger partial charge is 0.229 e. The van der Waals surface area contributed by atoms with Crippen LogP contribution in [0.4, 0.5) is 11.5 Å². The number of rotatable bonds is 4. The summed E-state index contributed by atoms with van der Waals surface area (Å²) in [6.07, 6.45) is 6.96. The summed E-state index contributed by atoms with van der Waals surface area (Å²) in [6.45, 7) is 1.46. The van der Waals surface area contributed by atoms with Gasteiger partial charge < -0.3 is 10.2 Å². The molecule has 4 rings (SSSR count). The standard InChI is InChI=1S/C19H19ClN6O/c20-15-5-1-2-6-16(15)22-19(27)14-4-3-10-25(12-14)17-7-8-18(24-23-17)26-11-9-21-13-26/h1-2,5-9,11,13-14H,3-4,10,12H2,(H,22,27). The van der Waals surface area contributed by atoms with Gasteiger partial charge in [0.1, 0.15) is 6.33 Å². The van der Waals surface area contributed by atoms with Gasteiger partial charge >= 0.3 is 0 Å². The Bertz CT molecular complexity index is 912. The third-order valence-corrected chi connectivity index (χ3v) is 4.98. The molecule has 1 aliphatic rings. The van der Waals surface area contributed by atoms with Crippen molar-refractivity contribution >= 4 is 29.0 Å². The molecule has 0 bridgehead atoms. The lowest BCUT2D eigenvalue weighted by atomic mass is 9.97. The Morgan fingerprint density at radius 1 is 1.15 bits per heavy atom. The zero-order valence-electron chi connectivity index (χ0n) is 14.6. The number of aromatic nitrogens is 4. The minimum Gasteiger partial charge on any atom is -0.354 e. The van der Waals surface area contributed by atoms with Gasteiger partial charge in [0.2, 0.25) is 5.91 Å². The Morgan fingerprint density at radius 2 is 1.96 bits per heavy atom. The molecule has 0 spiro atoms. The van der Waals surface area contributed by atoms with E-state index in [1.165, 1.54) is 0 Å². The van der Waals surface area contributed by atoms with Gasteiger partial charge in [0, 0.05) is 25.5 Å². The van der Waals surface area contributed by atoms with Crippen LogP contribution in [-0.4, -0.2) is 38.7 Å². The third kappa shape index (κ3) is 3.93. The molecule has 0 saturated carbocycles. The fourth-order valence-electron chi connectivity index (χ4n) is 3.22. The number of amides is 1. The maximum absolute atomic E-state index is 12.7. The molecule has 1 fully saturated rings. The first-order valence-corrected chi connectivity index (χ1v) is 9.21. The molecule has 2 aromatic heterocycles. The molecule has 7 nitrogen and oxygen atoms in total. The maximum atomic E-state index is 12.7. The molecule has 138 valence electrons. The van der Waals surface area contributed by atoms with Crippen molar-refractivity contribution in [3.8, 4) is 5.82 Å². The molecule has 1 aromatic carbocycles. The van der Waals surface area contributed by atoms with Crippen molar-refractivity contribution < 1.29 is 4.79 Å². The van der Waals surface area contributed by atoms with Crippen LogP contribution in [0.5, 0.6) is 0 Å². The van der Waals surface area contributed by atoms with Gasteiger partial charge in [-0.05, 0) is 37.1 Å². The van der Waals surface area contributed by atoms with Crippen LogP contribution in [0.1, 0.15) is 12.8 Å². The van der Waals surface area contributed by atoms with E-state index in [1.807, 2.05) is 30.5 Å². The van der Waals surface area contributed by atoms with Crippen molar-refractivity contribution in [2.24, 2.45) is 5.92 Å². The Kier molecular flexibility index (Phi) is 5.02. The first-order valence-electron chi connectivity index (χ1n) is 8.83. The number of nitrogens with zero attached hydrogens (tertiary/aromatic N) is 5. The molecule has 3 heterocycles. The number of anilines is 2. The zero-order chi connectivity index (χ0) is 18.6. The minimum atomic E-state index is -0.120. The molecule has 1 aliphatic heterocycles. The van der Waals surface area contributed by atoms with Crippen LogP contribution in [0.2, 0.25) is 5.02 Å². The Morgan fingerprint density at radius 3 is 2.70 bits per heavy atom. The molecule has 1 unspecified atom stereocenters. The zero-order valence-corrected chi connectivity index (χ0v) is 15.4. The summed E-state index contributed by atoms with van der Waals surface area (Å²) in [5, 5.41) is 12.1. The predicted molar refractivity (Wildman–Crippen MR) is 104 cm³/mol. The predicted octanol–water partition coefficient (Wildman–Crippen LogP) is 3.17. The average Bonchev–Trinajstić information content (AvgIpc) is 3.25. The number of hydrogen-bond donors (Lipinski definition) is 1. The number of hydrogen-bond acceptors (Lipinski definition) is 5. The van der Waals surface area contributed by atoms with E-state index >= 15 is 0 Å². The van der Waals surface area contributed by atoms with Gasteiger partial charge in [-0.1, -0.05) is 23.7 Å². The van der Waals surface area contributed by atoms with Gasteiger partial charge in [-0.15, -0.1) is 10.2 Å². The van der Waals surface area contributed by atoms with Gasteiger partial charge in [-0.25, -0.2) is 4.98 Å². The Balaban J connectivity index is 1.43. The van der Waals surface area contributed by atoms with Crippen LogP contribution in [0, 0.1) is 5.92 Å². The minimum absolute atomic E-state index is 0.0178. The molecule has 0 radical (unpaired) electrons. The van der Waals surface area contributed by atoms with Gasteiger partial charge in [-0.3, -0.25) is 9.36 Å². The summed E-state index contributed by atoms with van der Waals surface area (Å²) in [7, 11) is 0. The first kappa shape index (κ1) is 17.5. The summed E-state index contributed by atoms with van der Waals surface area (Å²) < 4.78 is 1.80. The summed E-state index contributed by atoms with van der Waals surface area (Å²) in [5.41, 5.74) is 0.644. The van der Waals surface area contributed by atoms with E-state index in [0.29, 0.717) is 23.1 Å². The SMILES string of the molecule is O=C(Nc1ccccc1Cl)C1CCCN(c2ccc(-n3ccnc3)nn2)C1. The largest absolute Gasteiger partial charge is 0.354 e. The average molecular weight is 383 g/mol. The van der Waals surface area contributed by atoms with Crippen molar-refractivity contribution in [1.29, 1.82) is 0 Å². The number of halogens is 1. The van der Waals surface area contributed by atoms with Crippen molar-refractivity contribution in [3.63, 3.8) is 0 Å². The van der Waals surface area contributed by atoms with E-state index < -0.39 is 0 Å². The highest BCUT2D eigenvalue weighted by atomic mass is 35.5. The number of imidazole rings is 1. The van der Waals surface area contributed by atoms with Crippen LogP contribution < -0.4 is 10.2 Å². The molecule has 8 heteroatoms. The second-order valence-electron chi connectivity index (χ2n) is 6.47. The fourth-order valence-corrected chi connectivity index (χ4v) is 3.40. The van der Waals surface area contributed by atoms with Gasteiger partial charge in [0.15, 0.2) is 11.6 Å². The number of carbonyl (C=O) groups is 1. The normalized spacial score (nSPS) is 16.9. The number of benzene rings is 1. The van der Waals surface area contributed by atoms with E-state index in [-0.39, 0.29) is 11.8 Å². The molecular formula is C19H19ClN6O. The van der Waals surface area contributed by atoms with Crippen molar-refractivity contribution in [3.05, 3.63) is 60.1 Å². The van der Waals surface area contributed by atoms with E-state index in [0.717, 1.165) is 25.2 Å². The lowest BCUT2D eigenvalue weighted by Crippen LogP contribution is -2.41. The van der Waals surface area contributed by atoms with Gasteiger partial charge in [-0.2, -0.15) is 0 Å². The highest BCUT2D eigenvalue weighted by molar-refractivity contribution is 6.33. The molecule has 27 heavy (non-hydrogen) atoms. The summed E-state index contributed by atoms with van der Waals surface area (Å²) in [5.74, 6) is 1.34. The lowest BCUT2D eigenvalue weighted by Gasteiger charge is -2.32. The maximum Gasteiger partial charge on any atom is 0.229 e. The molecule has 3 aromatic rings. The molecule has 1 atom stereocenters. The number of piperidine rings is 1. The number of nitrogens with one attached hydrogen (secondary N) is 1. The first-order chi connectivity index (χ1) is 13.2. The van der Waals surface area contributed by atoms with Crippen molar-refractivity contribution in [2.45, 2.75) is 12.8 Å². The van der Waals surface area contributed by atoms with Crippen molar-refractivity contribution in [2.75, 3.05) is 23.3 Å². The lowest BCUT2D eigenvalue weighted by molar-refractivity contribution is -0.120. The number of carbonyl (C=O) groups excluding carboxylic acids is 1. The van der Waals surface area contributed by atoms with Crippen LogP contribution in [-0.2, 0) is 4.79 Å². The van der Waals surface area contributed by atoms with Crippen molar-refractivity contribution in [1.82, 2.24) is 19.7 Å². The van der Waals surface area contributed by atoms with E-state index in [9.17, 15) is 4.79 Å². The summed E-state index contributed by atoms with van der Waals surface area (Å²) in [6, 6.07) is 11.1.